The SMILES string of the molecule is CC1CCCN(Cc2cccc(C(=O)NN)c2)C1C. The zero-order valence-corrected chi connectivity index (χ0v) is 11.7. The minimum atomic E-state index is -0.234. The van der Waals surface area contributed by atoms with E-state index in [1.807, 2.05) is 12.1 Å². The zero-order chi connectivity index (χ0) is 13.8. The summed E-state index contributed by atoms with van der Waals surface area (Å²) >= 11 is 0. The van der Waals surface area contributed by atoms with E-state index in [1.54, 1.807) is 6.07 Å². The van der Waals surface area contributed by atoms with Gasteiger partial charge in [-0.25, -0.2) is 5.84 Å². The molecule has 1 aromatic carbocycles. The summed E-state index contributed by atoms with van der Waals surface area (Å²) in [5.74, 6) is 5.67. The van der Waals surface area contributed by atoms with Crippen molar-refractivity contribution in [2.45, 2.75) is 39.3 Å². The molecule has 1 amide bonds. The fourth-order valence-electron chi connectivity index (χ4n) is 2.77. The Morgan fingerprint density at radius 1 is 1.47 bits per heavy atom. The molecule has 1 aromatic rings. The molecule has 1 fully saturated rings. The summed E-state index contributed by atoms with van der Waals surface area (Å²) in [7, 11) is 0. The van der Waals surface area contributed by atoms with Gasteiger partial charge in [0.25, 0.3) is 5.91 Å². The number of benzene rings is 1. The number of hydrogen-bond acceptors (Lipinski definition) is 3. The maximum atomic E-state index is 11.5. The number of nitrogens with zero attached hydrogens (tertiary/aromatic N) is 1. The van der Waals surface area contributed by atoms with Gasteiger partial charge < -0.3 is 0 Å². The van der Waals surface area contributed by atoms with E-state index in [9.17, 15) is 4.79 Å². The van der Waals surface area contributed by atoms with E-state index < -0.39 is 0 Å². The van der Waals surface area contributed by atoms with Gasteiger partial charge in [0.15, 0.2) is 0 Å². The molecule has 1 aliphatic heterocycles. The van der Waals surface area contributed by atoms with Gasteiger partial charge in [-0.1, -0.05) is 19.1 Å². The number of hydrazine groups is 1. The van der Waals surface area contributed by atoms with Crippen LogP contribution in [-0.2, 0) is 6.54 Å². The Bertz CT molecular complexity index is 447. The lowest BCUT2D eigenvalue weighted by molar-refractivity contribution is 0.0952. The van der Waals surface area contributed by atoms with Crippen LogP contribution in [0, 0.1) is 5.92 Å². The summed E-state index contributed by atoms with van der Waals surface area (Å²) < 4.78 is 0. The van der Waals surface area contributed by atoms with Gasteiger partial charge in [-0.15, -0.1) is 0 Å². The summed E-state index contributed by atoms with van der Waals surface area (Å²) in [5.41, 5.74) is 3.97. The fraction of sp³-hybridized carbons (Fsp3) is 0.533. The van der Waals surface area contributed by atoms with Crippen molar-refractivity contribution in [2.24, 2.45) is 11.8 Å². The van der Waals surface area contributed by atoms with E-state index in [0.717, 1.165) is 19.0 Å². The first-order valence-corrected chi connectivity index (χ1v) is 6.95. The van der Waals surface area contributed by atoms with Gasteiger partial charge in [0.2, 0.25) is 0 Å². The van der Waals surface area contributed by atoms with Crippen LogP contribution in [-0.4, -0.2) is 23.4 Å². The quantitative estimate of drug-likeness (QED) is 0.496. The Morgan fingerprint density at radius 2 is 2.26 bits per heavy atom. The van der Waals surface area contributed by atoms with Gasteiger partial charge in [-0.05, 0) is 49.9 Å². The van der Waals surface area contributed by atoms with Crippen molar-refractivity contribution in [3.05, 3.63) is 35.4 Å². The number of carbonyl (C=O) groups excluding carboxylic acids is 1. The molecule has 0 bridgehead atoms. The van der Waals surface area contributed by atoms with Gasteiger partial charge in [0, 0.05) is 18.2 Å². The molecule has 19 heavy (non-hydrogen) atoms. The third-order valence-corrected chi connectivity index (χ3v) is 4.21. The largest absolute Gasteiger partial charge is 0.296 e. The van der Waals surface area contributed by atoms with E-state index in [4.69, 9.17) is 5.84 Å². The Morgan fingerprint density at radius 3 is 3.00 bits per heavy atom. The Hall–Kier alpha value is -1.39. The van der Waals surface area contributed by atoms with Gasteiger partial charge >= 0.3 is 0 Å². The first kappa shape index (κ1) is 14.0. The van der Waals surface area contributed by atoms with E-state index in [-0.39, 0.29) is 5.91 Å². The number of rotatable bonds is 3. The van der Waals surface area contributed by atoms with Crippen LogP contribution in [0.15, 0.2) is 24.3 Å². The molecule has 2 atom stereocenters. The van der Waals surface area contributed by atoms with Gasteiger partial charge in [-0.2, -0.15) is 0 Å². The molecule has 1 heterocycles. The lowest BCUT2D eigenvalue weighted by Crippen LogP contribution is -2.41. The van der Waals surface area contributed by atoms with Crippen LogP contribution in [0.4, 0.5) is 0 Å². The third kappa shape index (κ3) is 3.33. The Kier molecular flexibility index (Phi) is 4.56. The first-order valence-electron chi connectivity index (χ1n) is 6.95. The smallest absolute Gasteiger partial charge is 0.265 e. The van der Waals surface area contributed by atoms with E-state index >= 15 is 0 Å². The highest BCUT2D eigenvalue weighted by molar-refractivity contribution is 5.93. The average molecular weight is 261 g/mol. The van der Waals surface area contributed by atoms with Crippen LogP contribution in [0.3, 0.4) is 0 Å². The summed E-state index contributed by atoms with van der Waals surface area (Å²) in [6.45, 7) is 6.64. The molecule has 3 N–H and O–H groups in total. The average Bonchev–Trinajstić information content (AvgIpc) is 2.43. The predicted molar refractivity (Wildman–Crippen MR) is 76.4 cm³/mol. The van der Waals surface area contributed by atoms with Crippen molar-refractivity contribution in [1.29, 1.82) is 0 Å². The second-order valence-electron chi connectivity index (χ2n) is 5.50. The van der Waals surface area contributed by atoms with Crippen LogP contribution < -0.4 is 11.3 Å². The summed E-state index contributed by atoms with van der Waals surface area (Å²) in [6, 6.07) is 8.29. The van der Waals surface area contributed by atoms with Crippen LogP contribution in [0.5, 0.6) is 0 Å². The molecule has 1 saturated heterocycles. The molecule has 4 heteroatoms. The van der Waals surface area contributed by atoms with Crippen molar-refractivity contribution in [1.82, 2.24) is 10.3 Å². The maximum Gasteiger partial charge on any atom is 0.265 e. The van der Waals surface area contributed by atoms with Gasteiger partial charge in [0.1, 0.15) is 0 Å². The monoisotopic (exact) mass is 261 g/mol. The molecule has 2 unspecified atom stereocenters. The third-order valence-electron chi connectivity index (χ3n) is 4.21. The number of likely N-dealkylation sites (tertiary alicyclic amines) is 1. The minimum absolute atomic E-state index is 0.234. The van der Waals surface area contributed by atoms with E-state index in [1.165, 1.54) is 18.4 Å². The number of amides is 1. The summed E-state index contributed by atoms with van der Waals surface area (Å²) in [5, 5.41) is 0. The predicted octanol–water partition coefficient (Wildman–Crippen LogP) is 1.91. The normalized spacial score (nSPS) is 24.2. The van der Waals surface area contributed by atoms with Crippen molar-refractivity contribution in [3.8, 4) is 0 Å². The lowest BCUT2D eigenvalue weighted by atomic mass is 9.91. The molecule has 4 nitrogen and oxygen atoms in total. The number of nitrogens with two attached hydrogens (primary N) is 1. The van der Waals surface area contributed by atoms with E-state index in [0.29, 0.717) is 11.6 Å². The molecule has 0 saturated carbocycles. The highest BCUT2D eigenvalue weighted by atomic mass is 16.2. The van der Waals surface area contributed by atoms with Gasteiger partial charge in [-0.3, -0.25) is 15.1 Å². The molecule has 2 rings (SSSR count). The van der Waals surface area contributed by atoms with Crippen LogP contribution in [0.25, 0.3) is 0 Å². The highest BCUT2D eigenvalue weighted by Crippen LogP contribution is 2.24. The highest BCUT2D eigenvalue weighted by Gasteiger charge is 2.24. The molecule has 1 aliphatic rings. The van der Waals surface area contributed by atoms with E-state index in [2.05, 4.69) is 30.2 Å². The molecule has 104 valence electrons. The molecule has 0 spiro atoms. The zero-order valence-electron chi connectivity index (χ0n) is 11.7. The fourth-order valence-corrected chi connectivity index (χ4v) is 2.77. The first-order chi connectivity index (χ1) is 9.11. The standard InChI is InChI=1S/C15H23N3O/c1-11-5-4-8-18(12(11)2)10-13-6-3-7-14(9-13)15(19)17-16/h3,6-7,9,11-12H,4-5,8,10,16H2,1-2H3,(H,17,19). The van der Waals surface area contributed by atoms with Crippen molar-refractivity contribution in [2.75, 3.05) is 6.54 Å². The molecule has 0 aliphatic carbocycles. The second kappa shape index (κ2) is 6.17. The van der Waals surface area contributed by atoms with Crippen LogP contribution in [0.1, 0.15) is 42.6 Å². The van der Waals surface area contributed by atoms with Crippen molar-refractivity contribution < 1.29 is 4.79 Å². The summed E-state index contributed by atoms with van der Waals surface area (Å²) in [6.07, 6.45) is 2.57. The topological polar surface area (TPSA) is 58.4 Å². The number of piperidine rings is 1. The maximum absolute atomic E-state index is 11.5. The molecular formula is C15H23N3O. The Labute approximate surface area is 114 Å². The Balaban J connectivity index is 2.08. The number of nitrogen functional groups attached to an aromatic ring is 1. The molecular weight excluding hydrogens is 238 g/mol. The number of nitrogens with one attached hydrogen (secondary N) is 1. The number of hydrogen-bond donors (Lipinski definition) is 2. The van der Waals surface area contributed by atoms with Crippen molar-refractivity contribution >= 4 is 5.91 Å². The van der Waals surface area contributed by atoms with Gasteiger partial charge in [0.05, 0.1) is 0 Å². The summed E-state index contributed by atoms with van der Waals surface area (Å²) in [4.78, 5) is 14.0. The van der Waals surface area contributed by atoms with Crippen LogP contribution in [0.2, 0.25) is 0 Å². The second-order valence-corrected chi connectivity index (χ2v) is 5.50. The number of carbonyl (C=O) groups is 1. The molecule has 0 radical (unpaired) electrons. The molecule has 0 aromatic heterocycles. The van der Waals surface area contributed by atoms with Crippen LogP contribution >= 0.6 is 0 Å². The minimum Gasteiger partial charge on any atom is -0.296 e. The lowest BCUT2D eigenvalue weighted by Gasteiger charge is -2.38. The van der Waals surface area contributed by atoms with Crippen molar-refractivity contribution in [3.63, 3.8) is 0 Å².